The Balaban J connectivity index is 2.71. The molecule has 0 aliphatic heterocycles. The maximum absolute atomic E-state index is 5.58. The molecule has 0 amide bonds. The summed E-state index contributed by atoms with van der Waals surface area (Å²) >= 11 is 1.75. The van der Waals surface area contributed by atoms with Gasteiger partial charge < -0.3 is 5.73 Å². The highest BCUT2D eigenvalue weighted by Gasteiger charge is 1.93. The zero-order valence-corrected chi connectivity index (χ0v) is 7.69. The fourth-order valence-electron chi connectivity index (χ4n) is 0.794. The van der Waals surface area contributed by atoms with Crippen molar-refractivity contribution in [1.29, 1.82) is 0 Å². The third-order valence-electron chi connectivity index (χ3n) is 1.45. The molecule has 60 valence electrons. The van der Waals surface area contributed by atoms with E-state index in [0.717, 1.165) is 0 Å². The lowest BCUT2D eigenvalue weighted by Gasteiger charge is -1.93. The number of nitrogens with two attached hydrogens (primary N) is 1. The standard InChI is InChI=1S/C9H13NS/c1-7-5-6-11-9(7)4-3-8(2)10/h3-6,8H,10H2,1-2H3/b4-3+. The molecule has 1 unspecified atom stereocenters. The van der Waals surface area contributed by atoms with Crippen LogP contribution in [0.2, 0.25) is 0 Å². The van der Waals surface area contributed by atoms with E-state index < -0.39 is 0 Å². The van der Waals surface area contributed by atoms with Crippen molar-refractivity contribution in [3.05, 3.63) is 28.0 Å². The quantitative estimate of drug-likeness (QED) is 0.719. The van der Waals surface area contributed by atoms with E-state index in [1.165, 1.54) is 10.4 Å². The van der Waals surface area contributed by atoms with E-state index >= 15 is 0 Å². The Hall–Kier alpha value is -0.600. The molecule has 0 aliphatic rings. The van der Waals surface area contributed by atoms with Gasteiger partial charge in [0.25, 0.3) is 0 Å². The number of hydrogen-bond acceptors (Lipinski definition) is 2. The van der Waals surface area contributed by atoms with Crippen LogP contribution < -0.4 is 5.73 Å². The van der Waals surface area contributed by atoms with Gasteiger partial charge in [-0.05, 0) is 36.9 Å². The summed E-state index contributed by atoms with van der Waals surface area (Å²) in [6, 6.07) is 2.27. The van der Waals surface area contributed by atoms with Crippen LogP contribution in [0.1, 0.15) is 17.4 Å². The first-order valence-corrected chi connectivity index (χ1v) is 4.56. The van der Waals surface area contributed by atoms with Crippen LogP contribution in [0.4, 0.5) is 0 Å². The van der Waals surface area contributed by atoms with Crippen LogP contribution in [0.5, 0.6) is 0 Å². The highest BCUT2D eigenvalue weighted by Crippen LogP contribution is 2.16. The van der Waals surface area contributed by atoms with Gasteiger partial charge in [-0.25, -0.2) is 0 Å². The molecule has 0 bridgehead atoms. The number of rotatable bonds is 2. The Bertz CT molecular complexity index is 248. The largest absolute Gasteiger partial charge is 0.325 e. The number of aryl methyl sites for hydroxylation is 1. The van der Waals surface area contributed by atoms with E-state index in [9.17, 15) is 0 Å². The zero-order valence-electron chi connectivity index (χ0n) is 6.87. The molecule has 1 rings (SSSR count). The average Bonchev–Trinajstić information content (AvgIpc) is 2.31. The van der Waals surface area contributed by atoms with Gasteiger partial charge in [0, 0.05) is 10.9 Å². The van der Waals surface area contributed by atoms with Gasteiger partial charge in [-0.1, -0.05) is 6.08 Å². The smallest absolute Gasteiger partial charge is 0.0296 e. The Morgan fingerprint density at radius 1 is 1.64 bits per heavy atom. The summed E-state index contributed by atoms with van der Waals surface area (Å²) in [7, 11) is 0. The lowest BCUT2D eigenvalue weighted by Crippen LogP contribution is -2.09. The molecule has 0 saturated carbocycles. The van der Waals surface area contributed by atoms with Gasteiger partial charge in [0.1, 0.15) is 0 Å². The van der Waals surface area contributed by atoms with Gasteiger partial charge in [0.15, 0.2) is 0 Å². The van der Waals surface area contributed by atoms with E-state index in [4.69, 9.17) is 5.73 Å². The Labute approximate surface area is 71.5 Å². The maximum atomic E-state index is 5.58. The van der Waals surface area contributed by atoms with Gasteiger partial charge in [-0.3, -0.25) is 0 Å². The van der Waals surface area contributed by atoms with Crippen molar-refractivity contribution in [2.75, 3.05) is 0 Å². The summed E-state index contributed by atoms with van der Waals surface area (Å²) in [4.78, 5) is 1.31. The first kappa shape index (κ1) is 8.50. The average molecular weight is 167 g/mol. The molecule has 1 aromatic rings. The van der Waals surface area contributed by atoms with Gasteiger partial charge in [0.2, 0.25) is 0 Å². The number of thiophene rings is 1. The summed E-state index contributed by atoms with van der Waals surface area (Å²) in [5.74, 6) is 0. The minimum Gasteiger partial charge on any atom is -0.325 e. The lowest BCUT2D eigenvalue weighted by atomic mass is 10.2. The second-order valence-electron chi connectivity index (χ2n) is 2.69. The van der Waals surface area contributed by atoms with Crippen LogP contribution >= 0.6 is 11.3 Å². The monoisotopic (exact) mass is 167 g/mol. The molecule has 0 spiro atoms. The van der Waals surface area contributed by atoms with Crippen LogP contribution in [0.25, 0.3) is 6.08 Å². The highest BCUT2D eigenvalue weighted by atomic mass is 32.1. The molecule has 1 heterocycles. The molecule has 0 radical (unpaired) electrons. The maximum Gasteiger partial charge on any atom is 0.0296 e. The van der Waals surface area contributed by atoms with Crippen LogP contribution in [0, 0.1) is 6.92 Å². The van der Waals surface area contributed by atoms with Crippen molar-refractivity contribution in [3.8, 4) is 0 Å². The molecule has 11 heavy (non-hydrogen) atoms. The van der Waals surface area contributed by atoms with Crippen LogP contribution in [-0.2, 0) is 0 Å². The van der Waals surface area contributed by atoms with Gasteiger partial charge in [-0.15, -0.1) is 11.3 Å². The molecule has 1 nitrogen and oxygen atoms in total. The van der Waals surface area contributed by atoms with Crippen molar-refractivity contribution in [2.24, 2.45) is 5.73 Å². The van der Waals surface area contributed by atoms with Gasteiger partial charge in [-0.2, -0.15) is 0 Å². The third-order valence-corrected chi connectivity index (χ3v) is 2.44. The minimum absolute atomic E-state index is 0.150. The fraction of sp³-hybridized carbons (Fsp3) is 0.333. The third kappa shape index (κ3) is 2.48. The van der Waals surface area contributed by atoms with Gasteiger partial charge >= 0.3 is 0 Å². The summed E-state index contributed by atoms with van der Waals surface area (Å²) in [5.41, 5.74) is 6.90. The Kier molecular flexibility index (Phi) is 2.85. The molecule has 2 heteroatoms. The molecular weight excluding hydrogens is 154 g/mol. The van der Waals surface area contributed by atoms with E-state index in [-0.39, 0.29) is 6.04 Å². The lowest BCUT2D eigenvalue weighted by molar-refractivity contribution is 0.931. The minimum atomic E-state index is 0.150. The molecule has 1 atom stereocenters. The van der Waals surface area contributed by atoms with Crippen molar-refractivity contribution in [3.63, 3.8) is 0 Å². The molecule has 0 aromatic carbocycles. The fourth-order valence-corrected chi connectivity index (χ4v) is 1.62. The molecule has 0 saturated heterocycles. The van der Waals surface area contributed by atoms with Crippen molar-refractivity contribution < 1.29 is 0 Å². The van der Waals surface area contributed by atoms with E-state index in [2.05, 4.69) is 24.4 Å². The van der Waals surface area contributed by atoms with Crippen LogP contribution in [-0.4, -0.2) is 6.04 Å². The predicted molar refractivity (Wildman–Crippen MR) is 51.7 cm³/mol. The summed E-state index contributed by atoms with van der Waals surface area (Å²) in [6.07, 6.45) is 4.10. The highest BCUT2D eigenvalue weighted by molar-refractivity contribution is 7.11. The molecule has 0 aliphatic carbocycles. The Morgan fingerprint density at radius 3 is 2.82 bits per heavy atom. The second kappa shape index (κ2) is 3.69. The van der Waals surface area contributed by atoms with E-state index in [0.29, 0.717) is 0 Å². The Morgan fingerprint density at radius 2 is 2.36 bits per heavy atom. The van der Waals surface area contributed by atoms with E-state index in [1.54, 1.807) is 11.3 Å². The predicted octanol–water partition coefficient (Wildman–Crippen LogP) is 2.42. The summed E-state index contributed by atoms with van der Waals surface area (Å²) in [5, 5.41) is 2.09. The molecule has 2 N–H and O–H groups in total. The van der Waals surface area contributed by atoms with Crippen molar-refractivity contribution in [1.82, 2.24) is 0 Å². The van der Waals surface area contributed by atoms with Crippen LogP contribution in [0.3, 0.4) is 0 Å². The molecular formula is C9H13NS. The first-order valence-electron chi connectivity index (χ1n) is 3.68. The zero-order chi connectivity index (χ0) is 8.27. The SMILES string of the molecule is Cc1ccsc1/C=C/C(C)N. The second-order valence-corrected chi connectivity index (χ2v) is 3.63. The molecule has 1 aromatic heterocycles. The van der Waals surface area contributed by atoms with Gasteiger partial charge in [0.05, 0.1) is 0 Å². The normalized spacial score (nSPS) is 14.1. The molecule has 0 fully saturated rings. The van der Waals surface area contributed by atoms with Crippen molar-refractivity contribution in [2.45, 2.75) is 19.9 Å². The summed E-state index contributed by atoms with van der Waals surface area (Å²) in [6.45, 7) is 4.08. The number of hydrogen-bond donors (Lipinski definition) is 1. The summed E-state index contributed by atoms with van der Waals surface area (Å²) < 4.78 is 0. The van der Waals surface area contributed by atoms with Crippen LogP contribution in [0.15, 0.2) is 17.5 Å². The first-order chi connectivity index (χ1) is 5.20. The van der Waals surface area contributed by atoms with Crippen molar-refractivity contribution >= 4 is 17.4 Å². The van der Waals surface area contributed by atoms with E-state index in [1.807, 2.05) is 13.0 Å². The topological polar surface area (TPSA) is 26.0 Å².